The van der Waals surface area contributed by atoms with E-state index in [1.807, 2.05) is 4.90 Å². The minimum absolute atomic E-state index is 0.0342. The Morgan fingerprint density at radius 3 is 2.63 bits per heavy atom. The van der Waals surface area contributed by atoms with Crippen molar-refractivity contribution < 1.29 is 9.72 Å². The molecular weight excluding hydrogens is 350 g/mol. The third kappa shape index (κ3) is 3.57. The van der Waals surface area contributed by atoms with Gasteiger partial charge in [-0.2, -0.15) is 10.4 Å². The standard InChI is InChI=1S/C17H19N7O3/c1-12-16(24(26)27)13(2)23(20-12)11-15(25)21-6-8-22(9-7-21)17-14(10-18)4-3-5-19-17/h3-5H,6-9,11H2,1-2H3. The summed E-state index contributed by atoms with van der Waals surface area (Å²) < 4.78 is 1.38. The van der Waals surface area contributed by atoms with Crippen molar-refractivity contribution in [2.75, 3.05) is 31.1 Å². The normalized spacial score (nSPS) is 14.1. The minimum Gasteiger partial charge on any atom is -0.352 e. The molecule has 1 aliphatic heterocycles. The second-order valence-electron chi connectivity index (χ2n) is 6.29. The fourth-order valence-corrected chi connectivity index (χ4v) is 3.24. The molecule has 0 spiro atoms. The maximum absolute atomic E-state index is 12.6. The number of nitro groups is 1. The number of aromatic nitrogens is 3. The summed E-state index contributed by atoms with van der Waals surface area (Å²) in [4.78, 5) is 31.2. The predicted molar refractivity (Wildman–Crippen MR) is 96.1 cm³/mol. The Morgan fingerprint density at radius 2 is 2.04 bits per heavy atom. The van der Waals surface area contributed by atoms with Crippen molar-refractivity contribution in [3.63, 3.8) is 0 Å². The maximum atomic E-state index is 12.6. The number of pyridine rings is 1. The molecule has 3 rings (SSSR count). The summed E-state index contributed by atoms with van der Waals surface area (Å²) in [5.74, 6) is 0.484. The van der Waals surface area contributed by atoms with Crippen LogP contribution in [0.2, 0.25) is 0 Å². The SMILES string of the molecule is Cc1nn(CC(=O)N2CCN(c3ncccc3C#N)CC2)c(C)c1[N+](=O)[O-]. The van der Waals surface area contributed by atoms with E-state index in [9.17, 15) is 20.2 Å². The van der Waals surface area contributed by atoms with Gasteiger partial charge in [0, 0.05) is 32.4 Å². The monoisotopic (exact) mass is 369 g/mol. The number of nitriles is 1. The van der Waals surface area contributed by atoms with Crippen molar-refractivity contribution in [2.24, 2.45) is 0 Å². The van der Waals surface area contributed by atoms with Gasteiger partial charge in [0.25, 0.3) is 0 Å². The molecule has 3 heterocycles. The Hall–Kier alpha value is -3.48. The molecule has 0 N–H and O–H groups in total. The number of amides is 1. The van der Waals surface area contributed by atoms with Crippen LogP contribution in [0.4, 0.5) is 11.5 Å². The summed E-state index contributed by atoms with van der Waals surface area (Å²) in [6.07, 6.45) is 1.64. The van der Waals surface area contributed by atoms with E-state index in [-0.39, 0.29) is 18.1 Å². The summed E-state index contributed by atoms with van der Waals surface area (Å²) in [6.45, 7) is 5.22. The van der Waals surface area contributed by atoms with E-state index in [4.69, 9.17) is 0 Å². The number of nitrogens with zero attached hydrogens (tertiary/aromatic N) is 7. The molecule has 1 aliphatic rings. The Balaban J connectivity index is 1.65. The van der Waals surface area contributed by atoms with E-state index in [1.165, 1.54) is 4.68 Å². The van der Waals surface area contributed by atoms with Crippen LogP contribution in [-0.4, -0.2) is 56.7 Å². The Morgan fingerprint density at radius 1 is 1.33 bits per heavy atom. The van der Waals surface area contributed by atoms with Crippen LogP contribution in [-0.2, 0) is 11.3 Å². The molecule has 0 unspecified atom stereocenters. The lowest BCUT2D eigenvalue weighted by molar-refractivity contribution is -0.386. The molecule has 2 aromatic heterocycles. The van der Waals surface area contributed by atoms with Gasteiger partial charge in [0.05, 0.1) is 10.5 Å². The van der Waals surface area contributed by atoms with Gasteiger partial charge in [-0.1, -0.05) is 0 Å². The summed E-state index contributed by atoms with van der Waals surface area (Å²) in [5.41, 5.74) is 1.13. The number of carbonyl (C=O) groups excluding carboxylic acids is 1. The first-order chi connectivity index (χ1) is 12.9. The minimum atomic E-state index is -0.475. The van der Waals surface area contributed by atoms with Crippen LogP contribution in [0.1, 0.15) is 17.0 Å². The molecule has 0 atom stereocenters. The lowest BCUT2D eigenvalue weighted by atomic mass is 10.2. The average molecular weight is 369 g/mol. The van der Waals surface area contributed by atoms with Gasteiger partial charge in [0.1, 0.15) is 29.8 Å². The molecule has 10 heteroatoms. The zero-order valence-electron chi connectivity index (χ0n) is 15.1. The first kappa shape index (κ1) is 18.3. The van der Waals surface area contributed by atoms with Gasteiger partial charge in [0.2, 0.25) is 5.91 Å². The second kappa shape index (κ2) is 7.41. The molecule has 1 fully saturated rings. The van der Waals surface area contributed by atoms with Crippen LogP contribution in [0, 0.1) is 35.3 Å². The van der Waals surface area contributed by atoms with Gasteiger partial charge in [0.15, 0.2) is 0 Å². The highest BCUT2D eigenvalue weighted by atomic mass is 16.6. The van der Waals surface area contributed by atoms with Gasteiger partial charge < -0.3 is 9.80 Å². The summed E-state index contributed by atoms with van der Waals surface area (Å²) in [7, 11) is 0. The number of anilines is 1. The van der Waals surface area contributed by atoms with E-state index < -0.39 is 4.92 Å². The smallest absolute Gasteiger partial charge is 0.312 e. The van der Waals surface area contributed by atoms with Crippen molar-refractivity contribution in [1.82, 2.24) is 19.7 Å². The average Bonchev–Trinajstić information content (AvgIpc) is 2.95. The molecule has 2 aromatic rings. The van der Waals surface area contributed by atoms with E-state index in [0.717, 1.165) is 0 Å². The number of piperazine rings is 1. The predicted octanol–water partition coefficient (Wildman–Crippen LogP) is 1.02. The van der Waals surface area contributed by atoms with Gasteiger partial charge in [-0.25, -0.2) is 4.98 Å². The molecule has 0 bridgehead atoms. The van der Waals surface area contributed by atoms with Gasteiger partial charge in [-0.15, -0.1) is 0 Å². The molecule has 10 nitrogen and oxygen atoms in total. The maximum Gasteiger partial charge on any atom is 0.312 e. The van der Waals surface area contributed by atoms with E-state index in [1.54, 1.807) is 37.1 Å². The van der Waals surface area contributed by atoms with Crippen LogP contribution in [0.3, 0.4) is 0 Å². The largest absolute Gasteiger partial charge is 0.352 e. The molecule has 0 saturated carbocycles. The van der Waals surface area contributed by atoms with Crippen LogP contribution < -0.4 is 4.90 Å². The van der Waals surface area contributed by atoms with Crippen molar-refractivity contribution >= 4 is 17.4 Å². The number of aryl methyl sites for hydroxylation is 1. The molecule has 1 saturated heterocycles. The van der Waals surface area contributed by atoms with Gasteiger partial charge in [-0.05, 0) is 26.0 Å². The highest BCUT2D eigenvalue weighted by Gasteiger charge is 2.26. The van der Waals surface area contributed by atoms with Crippen molar-refractivity contribution in [3.8, 4) is 6.07 Å². The number of rotatable bonds is 4. The van der Waals surface area contributed by atoms with Gasteiger partial charge in [-0.3, -0.25) is 19.6 Å². The van der Waals surface area contributed by atoms with E-state index >= 15 is 0 Å². The van der Waals surface area contributed by atoms with E-state index in [2.05, 4.69) is 16.2 Å². The molecule has 0 radical (unpaired) electrons. The highest BCUT2D eigenvalue weighted by Crippen LogP contribution is 2.22. The highest BCUT2D eigenvalue weighted by molar-refractivity contribution is 5.76. The summed E-state index contributed by atoms with van der Waals surface area (Å²) >= 11 is 0. The molecular formula is C17H19N7O3. The fourth-order valence-electron chi connectivity index (χ4n) is 3.24. The van der Waals surface area contributed by atoms with Crippen molar-refractivity contribution in [1.29, 1.82) is 5.26 Å². The first-order valence-corrected chi connectivity index (χ1v) is 8.48. The van der Waals surface area contributed by atoms with Crippen LogP contribution >= 0.6 is 0 Å². The number of carbonyl (C=O) groups is 1. The lowest BCUT2D eigenvalue weighted by Crippen LogP contribution is -2.50. The molecule has 27 heavy (non-hydrogen) atoms. The quantitative estimate of drug-likeness (QED) is 0.582. The zero-order valence-corrected chi connectivity index (χ0v) is 15.1. The van der Waals surface area contributed by atoms with Crippen LogP contribution in [0.5, 0.6) is 0 Å². The third-order valence-electron chi connectivity index (χ3n) is 4.65. The van der Waals surface area contributed by atoms with Crippen molar-refractivity contribution in [2.45, 2.75) is 20.4 Å². The molecule has 140 valence electrons. The van der Waals surface area contributed by atoms with Crippen molar-refractivity contribution in [3.05, 3.63) is 45.4 Å². The molecule has 1 amide bonds. The fraction of sp³-hybridized carbons (Fsp3) is 0.412. The Labute approximate surface area is 155 Å². The first-order valence-electron chi connectivity index (χ1n) is 8.48. The van der Waals surface area contributed by atoms with E-state index in [0.29, 0.717) is 48.9 Å². The van der Waals surface area contributed by atoms with Crippen LogP contribution in [0.25, 0.3) is 0 Å². The summed E-state index contributed by atoms with van der Waals surface area (Å²) in [5, 5.41) is 24.4. The Bertz CT molecular complexity index is 923. The van der Waals surface area contributed by atoms with Gasteiger partial charge >= 0.3 is 5.69 Å². The topological polar surface area (TPSA) is 121 Å². The second-order valence-corrected chi connectivity index (χ2v) is 6.29. The number of hydrogen-bond acceptors (Lipinski definition) is 7. The number of hydrogen-bond donors (Lipinski definition) is 0. The summed E-state index contributed by atoms with van der Waals surface area (Å²) in [6, 6.07) is 5.57. The lowest BCUT2D eigenvalue weighted by Gasteiger charge is -2.35. The third-order valence-corrected chi connectivity index (χ3v) is 4.65. The zero-order chi connectivity index (χ0) is 19.6. The van der Waals surface area contributed by atoms with Crippen LogP contribution in [0.15, 0.2) is 18.3 Å². The molecule has 0 aliphatic carbocycles. The molecule has 0 aromatic carbocycles. The Kier molecular flexibility index (Phi) is 5.03.